The Morgan fingerprint density at radius 3 is 1.54 bits per heavy atom. The second kappa shape index (κ2) is 9.60. The van der Waals surface area contributed by atoms with E-state index in [1.807, 2.05) is 0 Å². The molecule has 0 saturated carbocycles. The van der Waals surface area contributed by atoms with Gasteiger partial charge in [-0.3, -0.25) is 0 Å². The van der Waals surface area contributed by atoms with E-state index < -0.39 is 230 Å². The highest BCUT2D eigenvalue weighted by Gasteiger charge is 2.40. The molecule has 3 aliphatic rings. The lowest BCUT2D eigenvalue weighted by molar-refractivity contribution is 0.464. The maximum Gasteiger partial charge on any atom is 0.260 e. The normalized spacial score (nSPS) is 20.1. The molecular formula is C43H27BO2. The van der Waals surface area contributed by atoms with E-state index in [1.54, 1.807) is 0 Å². The molecule has 0 atom stereocenters. The van der Waals surface area contributed by atoms with Crippen LogP contribution in [0.3, 0.4) is 0 Å². The first-order valence-corrected chi connectivity index (χ1v) is 13.9. The fourth-order valence-electron chi connectivity index (χ4n) is 6.02. The van der Waals surface area contributed by atoms with E-state index >= 15 is 0 Å². The molecule has 7 aromatic rings. The summed E-state index contributed by atoms with van der Waals surface area (Å²) in [5.41, 5.74) is -7.82. The Hall–Kier alpha value is -5.80. The number of rotatable bonds is 1. The highest BCUT2D eigenvalue weighted by atomic mass is 16.5. The zero-order valence-corrected chi connectivity index (χ0v) is 23.4. The molecule has 0 amide bonds. The maximum absolute atomic E-state index is 10.1. The van der Waals surface area contributed by atoms with E-state index in [9.17, 15) is 11.0 Å². The minimum Gasteiger partial charge on any atom is -0.458 e. The van der Waals surface area contributed by atoms with Crippen LogP contribution in [0.4, 0.5) is 0 Å². The molecule has 7 aromatic carbocycles. The summed E-state index contributed by atoms with van der Waals surface area (Å²) in [6.45, 7) is -0.184. The predicted molar refractivity (Wildman–Crippen MR) is 190 cm³/mol. The van der Waals surface area contributed by atoms with Gasteiger partial charge in [-0.25, -0.2) is 0 Å². The van der Waals surface area contributed by atoms with E-state index in [2.05, 4.69) is 0 Å². The minimum absolute atomic E-state index is 0.0474. The molecule has 2 nitrogen and oxygen atoms in total. The van der Waals surface area contributed by atoms with Gasteiger partial charge in [-0.1, -0.05) is 115 Å². The number of para-hydroxylation sites is 1. The fraction of sp³-hybridized carbons (Fsp3) is 0.0233. The zero-order valence-electron chi connectivity index (χ0n) is 47.4. The average Bonchev–Trinajstić information content (AvgIpc) is 3.33. The second-order valence-electron chi connectivity index (χ2n) is 10.6. The topological polar surface area (TPSA) is 18.5 Å². The Kier molecular flexibility index (Phi) is 2.41. The van der Waals surface area contributed by atoms with Crippen molar-refractivity contribution < 1.29 is 42.4 Å². The molecule has 214 valence electrons. The molecule has 2 heterocycles. The number of hydrogen-bond acceptors (Lipinski definition) is 2. The van der Waals surface area contributed by atoms with Crippen molar-refractivity contribution in [3.05, 3.63) is 151 Å². The average molecular weight is 611 g/mol. The molecule has 0 aromatic heterocycles. The third-order valence-electron chi connectivity index (χ3n) is 7.98. The van der Waals surface area contributed by atoms with Crippen LogP contribution in [0.5, 0.6) is 23.0 Å². The molecule has 2 aliphatic heterocycles. The Balaban J connectivity index is 1.43. The predicted octanol–water partition coefficient (Wildman–Crippen LogP) is 9.37. The number of hydrogen-bond donors (Lipinski definition) is 0. The summed E-state index contributed by atoms with van der Waals surface area (Å²) in [6, 6.07) is -20.0. The van der Waals surface area contributed by atoms with Crippen LogP contribution in [0.1, 0.15) is 38.5 Å². The van der Waals surface area contributed by atoms with Crippen LogP contribution in [-0.2, 0) is 0 Å². The first-order chi connectivity index (χ1) is 32.7. The summed E-state index contributed by atoms with van der Waals surface area (Å²) in [7, 11) is 0. The first kappa shape index (κ1) is 11.5. The van der Waals surface area contributed by atoms with Gasteiger partial charge in [-0.2, -0.15) is 0 Å². The molecule has 0 N–H and O–H groups in total. The number of ether oxygens (including phenoxy) is 2. The molecule has 10 rings (SSSR count). The maximum atomic E-state index is 10.1. The van der Waals surface area contributed by atoms with Crippen molar-refractivity contribution in [2.24, 2.45) is 0 Å². The molecule has 46 heavy (non-hydrogen) atoms. The summed E-state index contributed by atoms with van der Waals surface area (Å²) in [4.78, 5) is 0. The molecule has 0 spiro atoms. The molecule has 0 saturated heterocycles. The Morgan fingerprint density at radius 2 is 0.913 bits per heavy atom. The van der Waals surface area contributed by atoms with Crippen LogP contribution in [0.15, 0.2) is 145 Å². The van der Waals surface area contributed by atoms with Crippen LogP contribution in [-0.4, -0.2) is 6.71 Å². The van der Waals surface area contributed by atoms with Crippen molar-refractivity contribution >= 4 is 23.1 Å². The highest BCUT2D eigenvalue weighted by Crippen LogP contribution is 2.49. The third kappa shape index (κ3) is 3.66. The summed E-state index contributed by atoms with van der Waals surface area (Å²) in [6.07, 6.45) is 0. The Bertz CT molecular complexity index is 3620. The Labute approximate surface area is 302 Å². The van der Waals surface area contributed by atoms with Crippen LogP contribution < -0.4 is 25.9 Å². The first-order valence-electron chi connectivity index (χ1n) is 25.9. The van der Waals surface area contributed by atoms with Crippen LogP contribution >= 0.6 is 0 Å². The van der Waals surface area contributed by atoms with Gasteiger partial charge < -0.3 is 9.47 Å². The standard InChI is InChI=1S/C43H27BO2/c1-26-18-21-38-40(22-26)46-42-25-28(24-41-43(42)44(38)37-16-8-9-17-39(37)45-41)27-19-20-35-33-14-5-4-12-31(33)29-10-2-3-11-30(29)32-13-6-7-15-34(32)36(35)23-27/h2-25H,1H3/i2D,3D,4D,5D,6D,7D,8D,9D,10D,11D,12D,13D,14D,15D,16D,17D,18D,19D,20D,21D,22D,23D,24D,25D. The largest absolute Gasteiger partial charge is 0.458 e. The lowest BCUT2D eigenvalue weighted by Gasteiger charge is -2.33. The second-order valence-corrected chi connectivity index (χ2v) is 10.6. The monoisotopic (exact) mass is 610 g/mol. The SMILES string of the molecule is [2H]c1c([2H])c([2H])c2c(c1[2H])Oc1c([2H])c(-c3c([2H])c([2H])c4c(c3[2H])-c3c([2H])c([2H])c([2H])c([2H])c3-c3c([2H])c([2H])c([2H])c([2H])c3-c3c([2H])c([2H])c([2H])c([2H])c3-4)c([2H])c3c1B2c1c([2H])c([2H])c(C)c([2H])c1O3. The van der Waals surface area contributed by atoms with Crippen molar-refractivity contribution in [3.8, 4) is 78.6 Å². The van der Waals surface area contributed by atoms with Gasteiger partial charge in [-0.15, -0.1) is 0 Å². The summed E-state index contributed by atoms with van der Waals surface area (Å²) < 4.78 is 230. The number of fused-ring (bicyclic) bond motifs is 12. The highest BCUT2D eigenvalue weighted by molar-refractivity contribution is 6.98. The molecule has 0 fully saturated rings. The van der Waals surface area contributed by atoms with Gasteiger partial charge in [0, 0.05) is 5.46 Å². The van der Waals surface area contributed by atoms with Crippen molar-refractivity contribution in [1.29, 1.82) is 0 Å². The molecule has 0 radical (unpaired) electrons. The van der Waals surface area contributed by atoms with E-state index in [4.69, 9.17) is 31.4 Å². The summed E-state index contributed by atoms with van der Waals surface area (Å²) in [5.74, 6) is -2.09. The van der Waals surface area contributed by atoms with Crippen molar-refractivity contribution in [2.75, 3.05) is 0 Å². The lowest BCUT2D eigenvalue weighted by atomic mass is 9.35. The van der Waals surface area contributed by atoms with Gasteiger partial charge in [-0.05, 0) is 109 Å². The van der Waals surface area contributed by atoms with Gasteiger partial charge in [0.1, 0.15) is 23.0 Å². The fourth-order valence-corrected chi connectivity index (χ4v) is 6.02. The van der Waals surface area contributed by atoms with Gasteiger partial charge >= 0.3 is 0 Å². The van der Waals surface area contributed by atoms with Crippen molar-refractivity contribution in [3.63, 3.8) is 0 Å². The van der Waals surface area contributed by atoms with Crippen molar-refractivity contribution in [2.45, 2.75) is 6.92 Å². The smallest absolute Gasteiger partial charge is 0.260 e. The zero-order chi connectivity index (χ0) is 51.2. The van der Waals surface area contributed by atoms with Gasteiger partial charge in [0.2, 0.25) is 0 Å². The summed E-state index contributed by atoms with van der Waals surface area (Å²) in [5, 5.41) is 0. The lowest BCUT2D eigenvalue weighted by Crippen LogP contribution is -2.57. The Morgan fingerprint density at radius 1 is 0.413 bits per heavy atom. The van der Waals surface area contributed by atoms with E-state index in [1.165, 1.54) is 6.92 Å². The van der Waals surface area contributed by atoms with E-state index in [0.717, 1.165) is 0 Å². The molecule has 0 unspecified atom stereocenters. The van der Waals surface area contributed by atoms with E-state index in [-0.39, 0.29) is 22.0 Å². The van der Waals surface area contributed by atoms with Crippen LogP contribution in [0.2, 0.25) is 0 Å². The number of benzene rings is 7. The van der Waals surface area contributed by atoms with Gasteiger partial charge in [0.25, 0.3) is 6.71 Å². The summed E-state index contributed by atoms with van der Waals surface area (Å²) >= 11 is 0. The van der Waals surface area contributed by atoms with Gasteiger partial charge in [0.05, 0.1) is 32.9 Å². The van der Waals surface area contributed by atoms with Gasteiger partial charge in [0.15, 0.2) is 0 Å². The van der Waals surface area contributed by atoms with Crippen LogP contribution in [0.25, 0.3) is 55.6 Å². The van der Waals surface area contributed by atoms with Crippen molar-refractivity contribution in [1.82, 2.24) is 0 Å². The third-order valence-corrected chi connectivity index (χ3v) is 7.98. The van der Waals surface area contributed by atoms with E-state index in [0.29, 0.717) is 0 Å². The molecular weight excluding hydrogens is 559 g/mol. The molecule has 0 bridgehead atoms. The minimum atomic E-state index is -1.54. The molecule has 3 heteroatoms. The molecule has 1 aliphatic carbocycles. The quantitative estimate of drug-likeness (QED) is 0.173. The van der Waals surface area contributed by atoms with Crippen LogP contribution in [0, 0.1) is 6.92 Å².